The summed E-state index contributed by atoms with van der Waals surface area (Å²) in [6.07, 6.45) is 7.81. The van der Waals surface area contributed by atoms with Gasteiger partial charge in [-0.15, -0.1) is 0 Å². The van der Waals surface area contributed by atoms with E-state index in [1.165, 1.54) is 38.5 Å². The molecule has 15 heavy (non-hydrogen) atoms. The molecular formula is C10H21N5. The normalized spacial score (nSPS) is 19.6. The first-order valence-corrected chi connectivity index (χ1v) is 5.58. The predicted octanol–water partition coefficient (Wildman–Crippen LogP) is 0.545. The van der Waals surface area contributed by atoms with Crippen LogP contribution in [0.2, 0.25) is 0 Å². The molecule has 1 fully saturated rings. The molecule has 0 unspecified atom stereocenters. The molecule has 5 heteroatoms. The topological polar surface area (TPSA) is 103 Å². The highest BCUT2D eigenvalue weighted by atomic mass is 15.1. The Morgan fingerprint density at radius 2 is 1.60 bits per heavy atom. The largest absolute Gasteiger partial charge is 0.370 e. The molecule has 0 aromatic carbocycles. The second-order valence-electron chi connectivity index (χ2n) is 4.09. The van der Waals surface area contributed by atoms with Crippen molar-refractivity contribution in [1.82, 2.24) is 0 Å². The van der Waals surface area contributed by atoms with E-state index in [0.29, 0.717) is 5.92 Å². The van der Waals surface area contributed by atoms with Gasteiger partial charge in [0.1, 0.15) is 0 Å². The summed E-state index contributed by atoms with van der Waals surface area (Å²) in [5.74, 6) is 0.816. The van der Waals surface area contributed by atoms with Crippen molar-refractivity contribution in [2.24, 2.45) is 33.1 Å². The van der Waals surface area contributed by atoms with Crippen LogP contribution in [0, 0.1) is 5.92 Å². The highest BCUT2D eigenvalue weighted by Gasteiger charge is 2.11. The van der Waals surface area contributed by atoms with Crippen LogP contribution in [0.25, 0.3) is 0 Å². The van der Waals surface area contributed by atoms with Crippen LogP contribution in [-0.4, -0.2) is 18.5 Å². The Hall–Kier alpha value is -1.26. The van der Waals surface area contributed by atoms with Gasteiger partial charge in [-0.25, -0.2) is 0 Å². The summed E-state index contributed by atoms with van der Waals surface area (Å²) in [5.41, 5.74) is 15.9. The maximum absolute atomic E-state index is 5.53. The molecule has 0 radical (unpaired) electrons. The van der Waals surface area contributed by atoms with Crippen LogP contribution in [0.4, 0.5) is 0 Å². The predicted molar refractivity (Wildman–Crippen MR) is 63.5 cm³/mol. The molecule has 0 bridgehead atoms. The van der Waals surface area contributed by atoms with Gasteiger partial charge in [-0.1, -0.05) is 25.7 Å². The van der Waals surface area contributed by atoms with Gasteiger partial charge in [0.05, 0.1) is 0 Å². The van der Waals surface area contributed by atoms with Gasteiger partial charge in [0.15, 0.2) is 5.96 Å². The van der Waals surface area contributed by atoms with Crippen molar-refractivity contribution >= 4 is 11.9 Å². The van der Waals surface area contributed by atoms with Crippen LogP contribution < -0.4 is 17.2 Å². The Labute approximate surface area is 90.8 Å². The molecule has 0 heterocycles. The summed E-state index contributed by atoms with van der Waals surface area (Å²) in [5, 5.41) is 0. The summed E-state index contributed by atoms with van der Waals surface area (Å²) in [6, 6.07) is 0. The number of nitrogens with two attached hydrogens (primary N) is 3. The van der Waals surface area contributed by atoms with Crippen LogP contribution in [0.5, 0.6) is 0 Å². The fourth-order valence-corrected chi connectivity index (χ4v) is 1.94. The van der Waals surface area contributed by atoms with Gasteiger partial charge < -0.3 is 17.2 Å². The van der Waals surface area contributed by atoms with Crippen LogP contribution in [-0.2, 0) is 0 Å². The quantitative estimate of drug-likeness (QED) is 0.353. The van der Waals surface area contributed by atoms with Gasteiger partial charge in [0, 0.05) is 6.54 Å². The molecule has 1 aliphatic rings. The lowest BCUT2D eigenvalue weighted by Gasteiger charge is -2.09. The Morgan fingerprint density at radius 1 is 1.00 bits per heavy atom. The second-order valence-corrected chi connectivity index (χ2v) is 4.09. The smallest absolute Gasteiger partial charge is 0.218 e. The Balaban J connectivity index is 2.36. The maximum Gasteiger partial charge on any atom is 0.218 e. The van der Waals surface area contributed by atoms with Crippen molar-refractivity contribution < 1.29 is 0 Å². The number of aliphatic imine (C=N–C) groups is 2. The molecule has 1 saturated carbocycles. The van der Waals surface area contributed by atoms with E-state index in [4.69, 9.17) is 17.2 Å². The van der Waals surface area contributed by atoms with Crippen molar-refractivity contribution in [2.75, 3.05) is 6.54 Å². The molecule has 0 amide bonds. The average molecular weight is 211 g/mol. The highest BCUT2D eigenvalue weighted by Crippen LogP contribution is 2.22. The summed E-state index contributed by atoms with van der Waals surface area (Å²) < 4.78 is 0. The third-order valence-electron chi connectivity index (χ3n) is 2.73. The Bertz CT molecular complexity index is 234. The first-order valence-electron chi connectivity index (χ1n) is 5.58. The molecule has 0 spiro atoms. The average Bonchev–Trinajstić information content (AvgIpc) is 2.41. The number of hydrogen-bond donors (Lipinski definition) is 3. The molecule has 1 aliphatic carbocycles. The van der Waals surface area contributed by atoms with E-state index >= 15 is 0 Å². The van der Waals surface area contributed by atoms with Gasteiger partial charge >= 0.3 is 0 Å². The zero-order chi connectivity index (χ0) is 11.1. The fourth-order valence-electron chi connectivity index (χ4n) is 1.94. The summed E-state index contributed by atoms with van der Waals surface area (Å²) in [7, 11) is 0. The number of nitrogens with zero attached hydrogens (tertiary/aromatic N) is 2. The van der Waals surface area contributed by atoms with Crippen LogP contribution in [0.1, 0.15) is 38.5 Å². The molecule has 0 saturated heterocycles. The van der Waals surface area contributed by atoms with E-state index in [1.54, 1.807) is 0 Å². The summed E-state index contributed by atoms with van der Waals surface area (Å²) >= 11 is 0. The number of rotatable bonds is 2. The molecule has 86 valence electrons. The van der Waals surface area contributed by atoms with Crippen LogP contribution in [0.3, 0.4) is 0 Å². The molecular weight excluding hydrogens is 190 g/mol. The first kappa shape index (κ1) is 11.8. The van der Waals surface area contributed by atoms with Gasteiger partial charge in [-0.2, -0.15) is 4.99 Å². The number of guanidine groups is 2. The lowest BCUT2D eigenvalue weighted by Crippen LogP contribution is -2.26. The van der Waals surface area contributed by atoms with Crippen molar-refractivity contribution in [1.29, 1.82) is 0 Å². The zero-order valence-corrected chi connectivity index (χ0v) is 9.15. The van der Waals surface area contributed by atoms with E-state index in [9.17, 15) is 0 Å². The van der Waals surface area contributed by atoms with Gasteiger partial charge in [-0.3, -0.25) is 4.99 Å². The molecule has 0 atom stereocenters. The van der Waals surface area contributed by atoms with E-state index < -0.39 is 0 Å². The van der Waals surface area contributed by atoms with Gasteiger partial charge in [-0.05, 0) is 18.8 Å². The molecule has 1 rings (SSSR count). The third kappa shape index (κ3) is 5.24. The second kappa shape index (κ2) is 6.27. The zero-order valence-electron chi connectivity index (χ0n) is 9.15. The third-order valence-corrected chi connectivity index (χ3v) is 2.73. The molecule has 0 aromatic rings. The van der Waals surface area contributed by atoms with E-state index in [2.05, 4.69) is 9.98 Å². The monoisotopic (exact) mass is 211 g/mol. The standard InChI is InChI=1S/C10H21N5/c11-9(12)15-10(13)14-7-8-5-3-1-2-4-6-8/h8H,1-7H2,(H6,11,12,13,14,15). The van der Waals surface area contributed by atoms with Gasteiger partial charge in [0.2, 0.25) is 5.96 Å². The SMILES string of the molecule is NC(N)=NC(N)=NCC1CCCCCC1. The van der Waals surface area contributed by atoms with Crippen molar-refractivity contribution in [3.8, 4) is 0 Å². The first-order chi connectivity index (χ1) is 7.18. The van der Waals surface area contributed by atoms with Crippen molar-refractivity contribution in [2.45, 2.75) is 38.5 Å². The Kier molecular flexibility index (Phi) is 4.93. The van der Waals surface area contributed by atoms with E-state index in [0.717, 1.165) is 6.54 Å². The number of hydrogen-bond acceptors (Lipinski definition) is 1. The minimum Gasteiger partial charge on any atom is -0.370 e. The van der Waals surface area contributed by atoms with Crippen LogP contribution >= 0.6 is 0 Å². The Morgan fingerprint density at radius 3 is 2.13 bits per heavy atom. The minimum absolute atomic E-state index is 0.0304. The minimum atomic E-state index is -0.0304. The van der Waals surface area contributed by atoms with E-state index in [1.807, 2.05) is 0 Å². The lowest BCUT2D eigenvalue weighted by molar-refractivity contribution is 0.472. The fraction of sp³-hybridized carbons (Fsp3) is 0.800. The summed E-state index contributed by atoms with van der Waals surface area (Å²) in [4.78, 5) is 7.86. The molecule has 0 aliphatic heterocycles. The molecule has 5 nitrogen and oxygen atoms in total. The van der Waals surface area contributed by atoms with Crippen LogP contribution in [0.15, 0.2) is 9.98 Å². The highest BCUT2D eigenvalue weighted by molar-refractivity contribution is 5.92. The van der Waals surface area contributed by atoms with Gasteiger partial charge in [0.25, 0.3) is 0 Å². The van der Waals surface area contributed by atoms with Crippen molar-refractivity contribution in [3.05, 3.63) is 0 Å². The molecule has 0 aromatic heterocycles. The lowest BCUT2D eigenvalue weighted by atomic mass is 10.0. The molecule has 6 N–H and O–H groups in total. The van der Waals surface area contributed by atoms with E-state index in [-0.39, 0.29) is 11.9 Å². The maximum atomic E-state index is 5.53. The van der Waals surface area contributed by atoms with Crippen molar-refractivity contribution in [3.63, 3.8) is 0 Å². The summed E-state index contributed by atoms with van der Waals surface area (Å²) in [6.45, 7) is 0.753.